The lowest BCUT2D eigenvalue weighted by atomic mass is 10.1. The lowest BCUT2D eigenvalue weighted by Crippen LogP contribution is -2.35. The molecule has 2 aromatic rings. The van der Waals surface area contributed by atoms with Gasteiger partial charge >= 0.3 is 0 Å². The van der Waals surface area contributed by atoms with Crippen molar-refractivity contribution in [2.45, 2.75) is 38.3 Å². The molecule has 1 amide bonds. The van der Waals surface area contributed by atoms with Gasteiger partial charge in [-0.2, -0.15) is 0 Å². The molecule has 0 spiro atoms. The third-order valence-electron chi connectivity index (χ3n) is 3.58. The van der Waals surface area contributed by atoms with Crippen LogP contribution in [0.4, 0.5) is 0 Å². The van der Waals surface area contributed by atoms with Crippen molar-refractivity contribution in [1.82, 2.24) is 5.32 Å². The number of hydrogen-bond donors (Lipinski definition) is 1. The normalized spacial score (nSPS) is 13.6. The van der Waals surface area contributed by atoms with E-state index in [0.29, 0.717) is 12.3 Å². The number of rotatable bonds is 6. The molecule has 22 heavy (non-hydrogen) atoms. The molecule has 0 radical (unpaired) electrons. The van der Waals surface area contributed by atoms with Crippen molar-refractivity contribution < 1.29 is 9.00 Å². The van der Waals surface area contributed by atoms with Crippen LogP contribution in [0.5, 0.6) is 0 Å². The zero-order valence-electron chi connectivity index (χ0n) is 13.1. The molecule has 0 fully saturated rings. The average Bonchev–Trinajstić information content (AvgIpc) is 3.01. The molecule has 0 aliphatic heterocycles. The first-order valence-electron chi connectivity index (χ1n) is 7.21. The van der Waals surface area contributed by atoms with Crippen LogP contribution in [0, 0.1) is 13.8 Å². The van der Waals surface area contributed by atoms with Crippen LogP contribution in [0.25, 0.3) is 0 Å². The molecule has 2 rings (SSSR count). The third-order valence-corrected chi connectivity index (χ3v) is 6.06. The number of aryl methyl sites for hydroxylation is 2. The van der Waals surface area contributed by atoms with Crippen LogP contribution in [0.3, 0.4) is 0 Å². The van der Waals surface area contributed by atoms with Crippen molar-refractivity contribution in [3.63, 3.8) is 0 Å². The molecular formula is C17H21NO2S2. The summed E-state index contributed by atoms with van der Waals surface area (Å²) in [6.45, 7) is 6.25. The van der Waals surface area contributed by atoms with E-state index in [-0.39, 0.29) is 5.91 Å². The van der Waals surface area contributed by atoms with E-state index in [1.165, 1.54) is 0 Å². The predicted molar refractivity (Wildman–Crippen MR) is 93.4 cm³/mol. The van der Waals surface area contributed by atoms with Crippen LogP contribution in [-0.4, -0.2) is 15.4 Å². The smallest absolute Gasteiger partial charge is 0.235 e. The number of thiophene rings is 1. The Bertz CT molecular complexity index is 665. The van der Waals surface area contributed by atoms with Gasteiger partial charge < -0.3 is 5.32 Å². The van der Waals surface area contributed by atoms with Gasteiger partial charge in [0.05, 0.1) is 6.54 Å². The Hall–Kier alpha value is -1.46. The zero-order valence-corrected chi connectivity index (χ0v) is 14.7. The maximum atomic E-state index is 12.4. The van der Waals surface area contributed by atoms with Crippen LogP contribution < -0.4 is 5.32 Å². The van der Waals surface area contributed by atoms with E-state index in [1.807, 2.05) is 49.6 Å². The second-order valence-electron chi connectivity index (χ2n) is 5.39. The van der Waals surface area contributed by atoms with Gasteiger partial charge in [0.15, 0.2) is 0 Å². The molecule has 0 saturated heterocycles. The summed E-state index contributed by atoms with van der Waals surface area (Å²) in [7, 11) is -1.22. The summed E-state index contributed by atoms with van der Waals surface area (Å²) >= 11 is 1.60. The number of carbonyl (C=O) groups is 1. The Morgan fingerprint density at radius 2 is 2.09 bits per heavy atom. The minimum atomic E-state index is -1.22. The minimum absolute atomic E-state index is 0.156. The largest absolute Gasteiger partial charge is 0.350 e. The lowest BCUT2D eigenvalue weighted by Gasteiger charge is -2.13. The Morgan fingerprint density at radius 1 is 1.32 bits per heavy atom. The molecule has 2 unspecified atom stereocenters. The highest BCUT2D eigenvalue weighted by molar-refractivity contribution is 7.85. The van der Waals surface area contributed by atoms with Crippen LogP contribution in [0.1, 0.15) is 28.5 Å². The molecule has 1 N–H and O–H groups in total. The standard InChI is InChI=1S/C17H21NO2S2/c1-12-6-7-13(2)15(9-12)11-22(20)14(3)17(19)18-10-16-5-4-8-21-16/h4-9,14H,10-11H2,1-3H3,(H,18,19). The van der Waals surface area contributed by atoms with Crippen LogP contribution in [0.2, 0.25) is 0 Å². The van der Waals surface area contributed by atoms with Crippen LogP contribution >= 0.6 is 11.3 Å². The summed E-state index contributed by atoms with van der Waals surface area (Å²) in [5.74, 6) is 0.262. The summed E-state index contributed by atoms with van der Waals surface area (Å²) in [5, 5.41) is 4.32. The second kappa shape index (κ2) is 7.70. The van der Waals surface area contributed by atoms with Crippen molar-refractivity contribution in [2.75, 3.05) is 0 Å². The molecule has 5 heteroatoms. The van der Waals surface area contributed by atoms with Gasteiger partial charge in [0.1, 0.15) is 5.25 Å². The van der Waals surface area contributed by atoms with E-state index in [4.69, 9.17) is 0 Å². The monoisotopic (exact) mass is 335 g/mol. The van der Waals surface area contributed by atoms with E-state index in [1.54, 1.807) is 18.3 Å². The van der Waals surface area contributed by atoms with Gasteiger partial charge in [0, 0.05) is 21.4 Å². The number of nitrogens with one attached hydrogen (secondary N) is 1. The van der Waals surface area contributed by atoms with E-state index in [2.05, 4.69) is 5.32 Å². The molecule has 3 nitrogen and oxygen atoms in total. The first kappa shape index (κ1) is 16.9. The fraction of sp³-hybridized carbons (Fsp3) is 0.353. The van der Waals surface area contributed by atoms with Crippen LogP contribution in [0.15, 0.2) is 35.7 Å². The van der Waals surface area contributed by atoms with Crippen LogP contribution in [-0.2, 0) is 27.9 Å². The van der Waals surface area contributed by atoms with E-state index in [9.17, 15) is 9.00 Å². The Labute approximate surface area is 138 Å². The average molecular weight is 335 g/mol. The van der Waals surface area contributed by atoms with Gasteiger partial charge in [-0.3, -0.25) is 9.00 Å². The van der Waals surface area contributed by atoms with Gasteiger partial charge in [0.25, 0.3) is 0 Å². The van der Waals surface area contributed by atoms with Gasteiger partial charge in [-0.15, -0.1) is 11.3 Å². The number of hydrogen-bond acceptors (Lipinski definition) is 3. The molecule has 0 saturated carbocycles. The van der Waals surface area contributed by atoms with Crippen molar-refractivity contribution >= 4 is 28.0 Å². The fourth-order valence-electron chi connectivity index (χ4n) is 2.08. The molecular weight excluding hydrogens is 314 g/mol. The SMILES string of the molecule is Cc1ccc(C)c(CS(=O)C(C)C(=O)NCc2cccs2)c1. The first-order chi connectivity index (χ1) is 10.5. The predicted octanol–water partition coefficient (Wildman–Crippen LogP) is 3.32. The summed E-state index contributed by atoms with van der Waals surface area (Å²) in [6.07, 6.45) is 0. The minimum Gasteiger partial charge on any atom is -0.350 e. The van der Waals surface area contributed by atoms with Crippen molar-refractivity contribution in [3.8, 4) is 0 Å². The molecule has 1 heterocycles. The Balaban J connectivity index is 1.93. The number of amides is 1. The highest BCUT2D eigenvalue weighted by Gasteiger charge is 2.20. The molecule has 0 aliphatic rings. The molecule has 0 aliphatic carbocycles. The maximum Gasteiger partial charge on any atom is 0.235 e. The molecule has 1 aromatic carbocycles. The van der Waals surface area contributed by atoms with Gasteiger partial charge in [-0.05, 0) is 43.3 Å². The highest BCUT2D eigenvalue weighted by Crippen LogP contribution is 2.15. The summed E-state index contributed by atoms with van der Waals surface area (Å²) in [6, 6.07) is 10.0. The van der Waals surface area contributed by atoms with E-state index < -0.39 is 16.0 Å². The second-order valence-corrected chi connectivity index (χ2v) is 8.18. The fourth-order valence-corrected chi connectivity index (χ4v) is 3.92. The summed E-state index contributed by atoms with van der Waals surface area (Å²) in [4.78, 5) is 13.2. The van der Waals surface area contributed by atoms with Crippen molar-refractivity contribution in [3.05, 3.63) is 57.3 Å². The van der Waals surface area contributed by atoms with Gasteiger partial charge in [-0.25, -0.2) is 0 Å². The van der Waals surface area contributed by atoms with E-state index in [0.717, 1.165) is 21.6 Å². The lowest BCUT2D eigenvalue weighted by molar-refractivity contribution is -0.120. The summed E-state index contributed by atoms with van der Waals surface area (Å²) in [5.41, 5.74) is 3.31. The topological polar surface area (TPSA) is 46.2 Å². The number of benzene rings is 1. The van der Waals surface area contributed by atoms with E-state index >= 15 is 0 Å². The quantitative estimate of drug-likeness (QED) is 0.880. The highest BCUT2D eigenvalue weighted by atomic mass is 32.2. The maximum absolute atomic E-state index is 12.4. The summed E-state index contributed by atoms with van der Waals surface area (Å²) < 4.78 is 12.4. The molecule has 118 valence electrons. The Kier molecular flexibility index (Phi) is 5.91. The third kappa shape index (κ3) is 4.52. The molecule has 0 bridgehead atoms. The Morgan fingerprint density at radius 3 is 2.77 bits per heavy atom. The molecule has 1 aromatic heterocycles. The molecule has 2 atom stereocenters. The van der Waals surface area contributed by atoms with Gasteiger partial charge in [0.2, 0.25) is 5.91 Å². The van der Waals surface area contributed by atoms with Crippen molar-refractivity contribution in [2.24, 2.45) is 0 Å². The number of carbonyl (C=O) groups excluding carboxylic acids is 1. The first-order valence-corrected chi connectivity index (χ1v) is 9.47. The van der Waals surface area contributed by atoms with Gasteiger partial charge in [-0.1, -0.05) is 29.8 Å². The zero-order chi connectivity index (χ0) is 16.1. The van der Waals surface area contributed by atoms with Crippen molar-refractivity contribution in [1.29, 1.82) is 0 Å².